The minimum Gasteiger partial charge on any atom is -0.368 e. The van der Waals surface area contributed by atoms with E-state index < -0.39 is 0 Å². The van der Waals surface area contributed by atoms with Gasteiger partial charge in [-0.25, -0.2) is 4.79 Å². The van der Waals surface area contributed by atoms with Crippen molar-refractivity contribution in [3.63, 3.8) is 0 Å². The quantitative estimate of drug-likeness (QED) is 0.333. The molecule has 4 aromatic rings. The van der Waals surface area contributed by atoms with Gasteiger partial charge in [-0.2, -0.15) is 5.26 Å². The van der Waals surface area contributed by atoms with Crippen molar-refractivity contribution in [2.45, 2.75) is 13.1 Å². The van der Waals surface area contributed by atoms with Gasteiger partial charge < -0.3 is 9.80 Å². The summed E-state index contributed by atoms with van der Waals surface area (Å²) in [7, 11) is 2.10. The molecule has 182 valence electrons. The van der Waals surface area contributed by atoms with Crippen molar-refractivity contribution in [1.82, 2.24) is 14.0 Å². The molecular weight excluding hydrogens is 565 g/mol. The van der Waals surface area contributed by atoms with Crippen LogP contribution in [0.5, 0.6) is 0 Å². The molecular formula is C28H26IN5O2. The summed E-state index contributed by atoms with van der Waals surface area (Å²) in [5, 5.41) is 9.70. The normalized spacial score (nSPS) is 14.2. The smallest absolute Gasteiger partial charge is 0.332 e. The van der Waals surface area contributed by atoms with Gasteiger partial charge in [0.05, 0.1) is 41.3 Å². The summed E-state index contributed by atoms with van der Waals surface area (Å²) in [5.41, 5.74) is 3.24. The maximum atomic E-state index is 14.0. The summed E-state index contributed by atoms with van der Waals surface area (Å²) >= 11 is 2.27. The van der Waals surface area contributed by atoms with Crippen molar-refractivity contribution in [2.24, 2.45) is 0 Å². The van der Waals surface area contributed by atoms with E-state index in [1.54, 1.807) is 28.8 Å². The predicted molar refractivity (Wildman–Crippen MR) is 151 cm³/mol. The van der Waals surface area contributed by atoms with Gasteiger partial charge in [-0.05, 0) is 65.0 Å². The highest BCUT2D eigenvalue weighted by atomic mass is 127. The molecule has 0 atom stereocenters. The summed E-state index contributed by atoms with van der Waals surface area (Å²) < 4.78 is 4.04. The van der Waals surface area contributed by atoms with Crippen LogP contribution in [0, 0.1) is 14.9 Å². The molecule has 1 fully saturated rings. The van der Waals surface area contributed by atoms with E-state index in [9.17, 15) is 9.59 Å². The van der Waals surface area contributed by atoms with E-state index in [1.165, 1.54) is 4.57 Å². The average Bonchev–Trinajstić information content (AvgIpc) is 2.90. The molecule has 2 heterocycles. The molecule has 0 spiro atoms. The Morgan fingerprint density at radius 1 is 0.861 bits per heavy atom. The molecule has 1 aliphatic heterocycles. The lowest BCUT2D eigenvalue weighted by molar-refractivity contribution is 0.313. The van der Waals surface area contributed by atoms with Crippen LogP contribution >= 0.6 is 22.6 Å². The summed E-state index contributed by atoms with van der Waals surface area (Å²) in [4.78, 5) is 32.3. The number of hydrogen-bond acceptors (Lipinski definition) is 5. The third kappa shape index (κ3) is 4.81. The molecule has 1 aliphatic rings. The van der Waals surface area contributed by atoms with Crippen LogP contribution in [0.25, 0.3) is 10.9 Å². The monoisotopic (exact) mass is 591 g/mol. The van der Waals surface area contributed by atoms with Gasteiger partial charge in [0.1, 0.15) is 0 Å². The molecule has 3 aromatic carbocycles. The Balaban J connectivity index is 1.73. The fourth-order valence-electron chi connectivity index (χ4n) is 4.70. The van der Waals surface area contributed by atoms with Crippen LogP contribution in [0.4, 0.5) is 5.69 Å². The molecule has 0 radical (unpaired) electrons. The Kier molecular flexibility index (Phi) is 6.94. The Labute approximate surface area is 222 Å². The predicted octanol–water partition coefficient (Wildman–Crippen LogP) is 3.49. The lowest BCUT2D eigenvalue weighted by atomic mass is 10.1. The van der Waals surface area contributed by atoms with Gasteiger partial charge >= 0.3 is 5.69 Å². The lowest BCUT2D eigenvalue weighted by Gasteiger charge is -2.34. The zero-order valence-electron chi connectivity index (χ0n) is 20.0. The van der Waals surface area contributed by atoms with E-state index in [0.717, 1.165) is 46.6 Å². The second kappa shape index (κ2) is 10.3. The van der Waals surface area contributed by atoms with Gasteiger partial charge in [0.2, 0.25) is 0 Å². The first-order valence-corrected chi connectivity index (χ1v) is 13.0. The van der Waals surface area contributed by atoms with E-state index in [0.29, 0.717) is 23.0 Å². The van der Waals surface area contributed by atoms with Crippen molar-refractivity contribution in [2.75, 3.05) is 38.1 Å². The molecule has 0 N–H and O–H groups in total. The van der Waals surface area contributed by atoms with Crippen LogP contribution < -0.4 is 16.1 Å². The molecule has 0 bridgehead atoms. The lowest BCUT2D eigenvalue weighted by Crippen LogP contribution is -2.46. The minimum atomic E-state index is -0.341. The second-order valence-corrected chi connectivity index (χ2v) is 10.4. The van der Waals surface area contributed by atoms with Crippen molar-refractivity contribution in [1.29, 1.82) is 5.26 Å². The Bertz CT molecular complexity index is 1560. The van der Waals surface area contributed by atoms with Crippen LogP contribution in [0.2, 0.25) is 0 Å². The third-order valence-electron chi connectivity index (χ3n) is 6.72. The molecule has 0 amide bonds. The highest BCUT2D eigenvalue weighted by Gasteiger charge is 2.23. The summed E-state index contributed by atoms with van der Waals surface area (Å²) in [6.45, 7) is 3.97. The third-order valence-corrected chi connectivity index (χ3v) is 7.35. The highest BCUT2D eigenvalue weighted by Crippen LogP contribution is 2.28. The standard InChI is InChI=1S/C28H26IN5O2/c1-31-11-13-32(14-12-31)24-15-23(29)16-25-26(24)27(35)34(19-22-9-7-20(17-30)8-10-22)28(36)33(25)18-21-5-3-2-4-6-21/h2-10,15-16H,11-14,18-19H2,1H3. The van der Waals surface area contributed by atoms with Gasteiger partial charge in [-0.15, -0.1) is 0 Å². The Morgan fingerprint density at radius 3 is 2.17 bits per heavy atom. The van der Waals surface area contributed by atoms with E-state index in [-0.39, 0.29) is 17.8 Å². The highest BCUT2D eigenvalue weighted by molar-refractivity contribution is 14.1. The fourth-order valence-corrected chi connectivity index (χ4v) is 5.29. The number of fused-ring (bicyclic) bond motifs is 1. The molecule has 0 unspecified atom stereocenters. The number of likely N-dealkylation sites (N-methyl/N-ethyl adjacent to an activating group) is 1. The van der Waals surface area contributed by atoms with Crippen LogP contribution in [0.1, 0.15) is 16.7 Å². The first kappa shape index (κ1) is 24.3. The molecule has 1 saturated heterocycles. The molecule has 1 aromatic heterocycles. The zero-order chi connectivity index (χ0) is 25.2. The molecule has 0 saturated carbocycles. The largest absolute Gasteiger partial charge is 0.368 e. The van der Waals surface area contributed by atoms with Crippen molar-refractivity contribution in [3.8, 4) is 6.07 Å². The second-order valence-electron chi connectivity index (χ2n) is 9.16. The first-order valence-electron chi connectivity index (χ1n) is 11.9. The maximum absolute atomic E-state index is 14.0. The van der Waals surface area contributed by atoms with Crippen molar-refractivity contribution in [3.05, 3.63) is 108 Å². The van der Waals surface area contributed by atoms with Gasteiger partial charge in [0.15, 0.2) is 0 Å². The van der Waals surface area contributed by atoms with Crippen molar-refractivity contribution < 1.29 is 0 Å². The Morgan fingerprint density at radius 2 is 1.50 bits per heavy atom. The summed E-state index contributed by atoms with van der Waals surface area (Å²) in [5.74, 6) is 0. The van der Waals surface area contributed by atoms with E-state index >= 15 is 0 Å². The van der Waals surface area contributed by atoms with Gasteiger partial charge in [0.25, 0.3) is 5.56 Å². The topological polar surface area (TPSA) is 74.3 Å². The van der Waals surface area contributed by atoms with Gasteiger partial charge in [0, 0.05) is 29.7 Å². The number of anilines is 1. The summed E-state index contributed by atoms with van der Waals surface area (Å²) in [6, 6.07) is 23.0. The number of hydrogen-bond donors (Lipinski definition) is 0. The number of benzene rings is 3. The molecule has 5 rings (SSSR count). The SMILES string of the molecule is CN1CCN(c2cc(I)cc3c2c(=O)n(Cc2ccc(C#N)cc2)c(=O)n3Cc2ccccc2)CC1. The average molecular weight is 591 g/mol. The molecule has 36 heavy (non-hydrogen) atoms. The number of nitrogens with zero attached hydrogens (tertiary/aromatic N) is 5. The number of nitriles is 1. The van der Waals surface area contributed by atoms with Crippen LogP contribution in [-0.2, 0) is 13.1 Å². The Hall–Kier alpha value is -3.42. The van der Waals surface area contributed by atoms with Crippen LogP contribution in [0.3, 0.4) is 0 Å². The fraction of sp³-hybridized carbons (Fsp3) is 0.250. The molecule has 8 heteroatoms. The van der Waals surface area contributed by atoms with Crippen LogP contribution in [0.15, 0.2) is 76.3 Å². The number of aromatic nitrogens is 2. The van der Waals surface area contributed by atoms with E-state index in [4.69, 9.17) is 5.26 Å². The van der Waals surface area contributed by atoms with Crippen LogP contribution in [-0.4, -0.2) is 47.3 Å². The van der Waals surface area contributed by atoms with E-state index in [2.05, 4.69) is 51.6 Å². The zero-order valence-corrected chi connectivity index (χ0v) is 22.2. The summed E-state index contributed by atoms with van der Waals surface area (Å²) in [6.07, 6.45) is 0. The number of halogens is 1. The molecule has 7 nitrogen and oxygen atoms in total. The van der Waals surface area contributed by atoms with Gasteiger partial charge in [-0.3, -0.25) is 13.9 Å². The van der Waals surface area contributed by atoms with E-state index in [1.807, 2.05) is 36.4 Å². The first-order chi connectivity index (χ1) is 17.4. The van der Waals surface area contributed by atoms with Crippen molar-refractivity contribution >= 4 is 39.2 Å². The minimum absolute atomic E-state index is 0.141. The maximum Gasteiger partial charge on any atom is 0.332 e. The number of piperazine rings is 1. The molecule has 0 aliphatic carbocycles. The number of rotatable bonds is 5. The van der Waals surface area contributed by atoms with Gasteiger partial charge in [-0.1, -0.05) is 42.5 Å².